The van der Waals surface area contributed by atoms with Gasteiger partial charge in [0, 0.05) is 12.1 Å². The molecule has 1 aromatic carbocycles. The molecule has 16 heavy (non-hydrogen) atoms. The summed E-state index contributed by atoms with van der Waals surface area (Å²) in [5.41, 5.74) is 0.483. The van der Waals surface area contributed by atoms with Crippen molar-refractivity contribution in [2.45, 2.75) is 6.92 Å². The average Bonchev–Trinajstić information content (AvgIpc) is 2.26. The Balaban J connectivity index is 2.47. The first-order valence-corrected chi connectivity index (χ1v) is 5.35. The highest BCUT2D eigenvalue weighted by atomic mass is 16.3. The van der Waals surface area contributed by atoms with Gasteiger partial charge in [-0.3, -0.25) is 4.79 Å². The molecule has 1 rings (SSSR count). The van der Waals surface area contributed by atoms with Crippen LogP contribution in [0.5, 0.6) is 5.75 Å². The maximum absolute atomic E-state index is 11.7. The molecule has 0 aromatic heterocycles. The van der Waals surface area contributed by atoms with E-state index < -0.39 is 0 Å². The van der Waals surface area contributed by atoms with Gasteiger partial charge in [0.05, 0.1) is 0 Å². The summed E-state index contributed by atoms with van der Waals surface area (Å²) in [7, 11) is 1.88. The van der Waals surface area contributed by atoms with Gasteiger partial charge in [-0.25, -0.2) is 0 Å². The Kier molecular flexibility index (Phi) is 4.79. The van der Waals surface area contributed by atoms with Crippen LogP contribution in [0, 0.1) is 5.92 Å². The molecule has 1 unspecified atom stereocenters. The summed E-state index contributed by atoms with van der Waals surface area (Å²) in [5.74, 6) is 0.334. The van der Waals surface area contributed by atoms with Gasteiger partial charge in [-0.15, -0.1) is 0 Å². The molecule has 0 spiro atoms. The lowest BCUT2D eigenvalue weighted by Gasteiger charge is -2.11. The van der Waals surface area contributed by atoms with Crippen molar-refractivity contribution in [3.05, 3.63) is 29.8 Å². The van der Waals surface area contributed by atoms with E-state index in [4.69, 9.17) is 0 Å². The molecule has 1 atom stereocenters. The molecule has 3 N–H and O–H groups in total. The van der Waals surface area contributed by atoms with E-state index >= 15 is 0 Å². The second-order valence-electron chi connectivity index (χ2n) is 3.92. The Morgan fingerprint density at radius 3 is 2.81 bits per heavy atom. The summed E-state index contributed by atoms with van der Waals surface area (Å²) < 4.78 is 0. The summed E-state index contributed by atoms with van der Waals surface area (Å²) in [6, 6.07) is 6.33. The minimum Gasteiger partial charge on any atom is -0.508 e. The molecule has 1 amide bonds. The molecule has 0 aliphatic rings. The van der Waals surface area contributed by atoms with Gasteiger partial charge in [-0.1, -0.05) is 13.0 Å². The first-order chi connectivity index (χ1) is 7.63. The highest BCUT2D eigenvalue weighted by Gasteiger charge is 2.07. The van der Waals surface area contributed by atoms with E-state index in [2.05, 4.69) is 17.6 Å². The zero-order chi connectivity index (χ0) is 12.0. The Morgan fingerprint density at radius 2 is 2.19 bits per heavy atom. The number of hydrogen-bond donors (Lipinski definition) is 3. The van der Waals surface area contributed by atoms with E-state index in [9.17, 15) is 9.90 Å². The van der Waals surface area contributed by atoms with Crippen LogP contribution in [0.25, 0.3) is 0 Å². The molecular formula is C12H18N2O2. The van der Waals surface area contributed by atoms with Crippen LogP contribution < -0.4 is 10.6 Å². The topological polar surface area (TPSA) is 61.4 Å². The third kappa shape index (κ3) is 3.90. The third-order valence-electron chi connectivity index (χ3n) is 2.27. The number of nitrogens with one attached hydrogen (secondary N) is 2. The number of amides is 1. The van der Waals surface area contributed by atoms with Crippen molar-refractivity contribution in [2.75, 3.05) is 20.1 Å². The van der Waals surface area contributed by atoms with Crippen molar-refractivity contribution in [3.8, 4) is 5.75 Å². The number of rotatable bonds is 5. The number of phenols is 1. The first kappa shape index (κ1) is 12.5. The molecular weight excluding hydrogens is 204 g/mol. The highest BCUT2D eigenvalue weighted by Crippen LogP contribution is 2.10. The summed E-state index contributed by atoms with van der Waals surface area (Å²) >= 11 is 0. The smallest absolute Gasteiger partial charge is 0.251 e. The fourth-order valence-electron chi connectivity index (χ4n) is 1.44. The Labute approximate surface area is 95.7 Å². The SMILES string of the molecule is CNCC(C)CNC(=O)c1cccc(O)c1. The molecule has 1 aromatic rings. The van der Waals surface area contributed by atoms with Gasteiger partial charge in [-0.2, -0.15) is 0 Å². The Morgan fingerprint density at radius 1 is 1.44 bits per heavy atom. The van der Waals surface area contributed by atoms with Crippen molar-refractivity contribution >= 4 is 5.91 Å². The molecule has 0 aliphatic carbocycles. The number of hydrogen-bond acceptors (Lipinski definition) is 3. The molecule has 0 fully saturated rings. The number of carbonyl (C=O) groups is 1. The van der Waals surface area contributed by atoms with E-state index in [0.29, 0.717) is 18.0 Å². The van der Waals surface area contributed by atoms with Crippen LogP contribution in [0.4, 0.5) is 0 Å². The number of aromatic hydroxyl groups is 1. The zero-order valence-corrected chi connectivity index (χ0v) is 9.66. The van der Waals surface area contributed by atoms with E-state index in [1.807, 2.05) is 7.05 Å². The van der Waals surface area contributed by atoms with Crippen molar-refractivity contribution < 1.29 is 9.90 Å². The monoisotopic (exact) mass is 222 g/mol. The van der Waals surface area contributed by atoms with Crippen LogP contribution in [-0.4, -0.2) is 31.2 Å². The summed E-state index contributed by atoms with van der Waals surface area (Å²) in [6.07, 6.45) is 0. The van der Waals surface area contributed by atoms with Crippen LogP contribution >= 0.6 is 0 Å². The van der Waals surface area contributed by atoms with Crippen molar-refractivity contribution in [1.82, 2.24) is 10.6 Å². The van der Waals surface area contributed by atoms with Crippen molar-refractivity contribution in [1.29, 1.82) is 0 Å². The molecule has 0 bridgehead atoms. The van der Waals surface area contributed by atoms with Crippen molar-refractivity contribution in [2.24, 2.45) is 5.92 Å². The molecule has 0 saturated heterocycles. The molecule has 0 heterocycles. The maximum Gasteiger partial charge on any atom is 0.251 e. The quantitative estimate of drug-likeness (QED) is 0.696. The largest absolute Gasteiger partial charge is 0.508 e. The lowest BCUT2D eigenvalue weighted by molar-refractivity contribution is 0.0947. The molecule has 4 heteroatoms. The minimum atomic E-state index is -0.154. The van der Waals surface area contributed by atoms with Crippen LogP contribution in [-0.2, 0) is 0 Å². The second-order valence-corrected chi connectivity index (χ2v) is 3.92. The van der Waals surface area contributed by atoms with Crippen LogP contribution in [0.3, 0.4) is 0 Å². The highest BCUT2D eigenvalue weighted by molar-refractivity contribution is 5.94. The Bertz CT molecular complexity index is 353. The van der Waals surface area contributed by atoms with Crippen LogP contribution in [0.15, 0.2) is 24.3 Å². The minimum absolute atomic E-state index is 0.107. The molecule has 4 nitrogen and oxygen atoms in total. The van der Waals surface area contributed by atoms with E-state index in [0.717, 1.165) is 6.54 Å². The summed E-state index contributed by atoms with van der Waals surface area (Å²) in [4.78, 5) is 11.7. The molecule has 0 radical (unpaired) electrons. The van der Waals surface area contributed by atoms with Gasteiger partial charge < -0.3 is 15.7 Å². The van der Waals surface area contributed by atoms with Gasteiger partial charge in [0.1, 0.15) is 5.75 Å². The standard InChI is InChI=1S/C12H18N2O2/c1-9(7-13-2)8-14-12(16)10-4-3-5-11(15)6-10/h3-6,9,13,15H,7-8H2,1-2H3,(H,14,16). The van der Waals surface area contributed by atoms with Gasteiger partial charge in [0.15, 0.2) is 0 Å². The fraction of sp³-hybridized carbons (Fsp3) is 0.417. The third-order valence-corrected chi connectivity index (χ3v) is 2.27. The lowest BCUT2D eigenvalue weighted by Crippen LogP contribution is -2.32. The number of phenolic OH excluding ortho intramolecular Hbond substituents is 1. The lowest BCUT2D eigenvalue weighted by atomic mass is 10.1. The summed E-state index contributed by atoms with van der Waals surface area (Å²) in [6.45, 7) is 3.54. The van der Waals surface area contributed by atoms with Gasteiger partial charge in [0.25, 0.3) is 5.91 Å². The fourth-order valence-corrected chi connectivity index (χ4v) is 1.44. The van der Waals surface area contributed by atoms with E-state index in [-0.39, 0.29) is 11.7 Å². The van der Waals surface area contributed by atoms with Crippen molar-refractivity contribution in [3.63, 3.8) is 0 Å². The second kappa shape index (κ2) is 6.12. The predicted molar refractivity (Wildman–Crippen MR) is 63.5 cm³/mol. The Hall–Kier alpha value is -1.55. The van der Waals surface area contributed by atoms with E-state index in [1.54, 1.807) is 18.2 Å². The van der Waals surface area contributed by atoms with Gasteiger partial charge in [-0.05, 0) is 37.7 Å². The number of benzene rings is 1. The predicted octanol–water partition coefficient (Wildman–Crippen LogP) is 0.977. The first-order valence-electron chi connectivity index (χ1n) is 5.35. The molecule has 0 saturated carbocycles. The van der Waals surface area contributed by atoms with Gasteiger partial charge >= 0.3 is 0 Å². The number of carbonyl (C=O) groups excluding carboxylic acids is 1. The van der Waals surface area contributed by atoms with Gasteiger partial charge in [0.2, 0.25) is 0 Å². The maximum atomic E-state index is 11.7. The average molecular weight is 222 g/mol. The zero-order valence-electron chi connectivity index (χ0n) is 9.66. The summed E-state index contributed by atoms with van der Waals surface area (Å²) in [5, 5.41) is 15.1. The molecule has 0 aliphatic heterocycles. The van der Waals surface area contributed by atoms with Crippen LogP contribution in [0.1, 0.15) is 17.3 Å². The molecule has 88 valence electrons. The van der Waals surface area contributed by atoms with E-state index in [1.165, 1.54) is 6.07 Å². The van der Waals surface area contributed by atoms with Crippen LogP contribution in [0.2, 0.25) is 0 Å². The normalized spacial score (nSPS) is 12.1.